The lowest BCUT2D eigenvalue weighted by molar-refractivity contribution is -0.163. The van der Waals surface area contributed by atoms with E-state index in [2.05, 4.69) is 46.9 Å². The zero-order valence-electron chi connectivity index (χ0n) is 16.0. The van der Waals surface area contributed by atoms with Crippen LogP contribution in [0.5, 0.6) is 11.5 Å². The van der Waals surface area contributed by atoms with E-state index in [0.717, 1.165) is 30.9 Å². The van der Waals surface area contributed by atoms with Gasteiger partial charge in [-0.15, -0.1) is 0 Å². The van der Waals surface area contributed by atoms with Gasteiger partial charge in [-0.25, -0.2) is 0 Å². The molecule has 1 saturated heterocycles. The van der Waals surface area contributed by atoms with Crippen molar-refractivity contribution >= 4 is 21.9 Å². The smallest absolute Gasteiger partial charge is 0.303 e. The maximum absolute atomic E-state index is 11.8. The van der Waals surface area contributed by atoms with Crippen molar-refractivity contribution < 1.29 is 19.0 Å². The Morgan fingerprint density at radius 1 is 1.41 bits per heavy atom. The highest BCUT2D eigenvalue weighted by Gasteiger charge is 2.76. The van der Waals surface area contributed by atoms with Crippen LogP contribution in [0.3, 0.4) is 0 Å². The molecule has 2 bridgehead atoms. The number of carbonyl (C=O) groups is 1. The van der Waals surface area contributed by atoms with Crippen LogP contribution in [0.2, 0.25) is 0 Å². The van der Waals surface area contributed by atoms with Gasteiger partial charge in [0.25, 0.3) is 0 Å². The Morgan fingerprint density at radius 2 is 2.19 bits per heavy atom. The fourth-order valence-corrected chi connectivity index (χ4v) is 7.56. The van der Waals surface area contributed by atoms with E-state index in [-0.39, 0.29) is 15.7 Å². The third kappa shape index (κ3) is 1.82. The number of carbonyl (C=O) groups excluding carboxylic acids is 1. The Balaban J connectivity index is 1.84. The monoisotopic (exact) mass is 433 g/mol. The molecule has 5 atom stereocenters. The number of benzene rings is 1. The van der Waals surface area contributed by atoms with Crippen molar-refractivity contribution in [1.82, 2.24) is 4.90 Å². The van der Waals surface area contributed by atoms with Crippen LogP contribution in [-0.2, 0) is 21.4 Å². The van der Waals surface area contributed by atoms with Gasteiger partial charge in [0.05, 0.1) is 16.8 Å². The molecule has 0 N–H and O–H groups in total. The summed E-state index contributed by atoms with van der Waals surface area (Å²) in [6, 6.07) is 4.47. The minimum Gasteiger partial charge on any atom is -0.493 e. The minimum absolute atomic E-state index is 0.289. The fraction of sp³-hybridized carbons (Fsp3) is 0.571. The third-order valence-corrected chi connectivity index (χ3v) is 8.76. The maximum Gasteiger partial charge on any atom is 0.303 e. The van der Waals surface area contributed by atoms with Gasteiger partial charge in [0.1, 0.15) is 0 Å². The van der Waals surface area contributed by atoms with E-state index in [0.29, 0.717) is 6.04 Å². The molecular weight excluding hydrogens is 410 g/mol. The van der Waals surface area contributed by atoms with Gasteiger partial charge in [-0.05, 0) is 51.1 Å². The molecular formula is C21H24BrNO4. The van der Waals surface area contributed by atoms with Gasteiger partial charge in [0.2, 0.25) is 0 Å². The summed E-state index contributed by atoms with van der Waals surface area (Å²) in [4.78, 5) is 14.3. The second kappa shape index (κ2) is 5.29. The maximum atomic E-state index is 11.8. The highest BCUT2D eigenvalue weighted by molar-refractivity contribution is 9.10. The highest BCUT2D eigenvalue weighted by atomic mass is 79.9. The van der Waals surface area contributed by atoms with Crippen molar-refractivity contribution in [2.45, 2.75) is 54.2 Å². The van der Waals surface area contributed by atoms with Gasteiger partial charge in [0, 0.05) is 18.5 Å². The third-order valence-electron chi connectivity index (χ3n) is 7.29. The molecule has 2 heterocycles. The molecule has 0 saturated carbocycles. The van der Waals surface area contributed by atoms with E-state index in [1.807, 2.05) is 12.1 Å². The number of rotatable bonds is 2. The summed E-state index contributed by atoms with van der Waals surface area (Å²) >= 11 is 4.18. The topological polar surface area (TPSA) is 48.0 Å². The van der Waals surface area contributed by atoms with Crippen molar-refractivity contribution in [1.29, 1.82) is 0 Å². The molecule has 0 aromatic heterocycles. The summed E-state index contributed by atoms with van der Waals surface area (Å²) in [6.45, 7) is 4.52. The number of esters is 1. The number of hydrogen-bond donors (Lipinski definition) is 0. The minimum atomic E-state index is -0.706. The predicted octanol–water partition coefficient (Wildman–Crippen LogP) is 2.98. The van der Waals surface area contributed by atoms with Crippen LogP contribution in [0.4, 0.5) is 0 Å². The molecule has 5 nitrogen and oxygen atoms in total. The quantitative estimate of drug-likeness (QED) is 0.407. The normalized spacial score (nSPS) is 40.9. The summed E-state index contributed by atoms with van der Waals surface area (Å²) in [5.41, 5.74) is 1.50. The zero-order chi connectivity index (χ0) is 19.2. The molecule has 2 aliphatic carbocycles. The molecule has 1 fully saturated rings. The Labute approximate surface area is 167 Å². The van der Waals surface area contributed by atoms with Gasteiger partial charge in [-0.1, -0.05) is 28.1 Å². The molecule has 0 amide bonds. The van der Waals surface area contributed by atoms with Crippen LogP contribution >= 0.6 is 15.9 Å². The van der Waals surface area contributed by atoms with Crippen LogP contribution < -0.4 is 9.47 Å². The molecule has 6 heteroatoms. The lowest BCUT2D eigenvalue weighted by atomic mass is 9.49. The lowest BCUT2D eigenvalue weighted by Crippen LogP contribution is -2.76. The fourth-order valence-electron chi connectivity index (χ4n) is 6.10. The van der Waals surface area contributed by atoms with Gasteiger partial charge in [-0.2, -0.15) is 0 Å². The van der Waals surface area contributed by atoms with Gasteiger partial charge >= 0.3 is 5.97 Å². The standard InChI is InChI=1S/C21H24BrNO4/c1-12(24)26-16-7-8-21(22)15-11-13-5-6-14(25-4)18-17(13)20(21,9-10-23(15)3)19(16,2)27-18/h5-8,15-16H,9-11H2,1-4H3. The number of methoxy groups -OCH3 is 1. The van der Waals surface area contributed by atoms with Crippen LogP contribution in [0.15, 0.2) is 24.3 Å². The van der Waals surface area contributed by atoms with Crippen molar-refractivity contribution in [3.05, 3.63) is 35.4 Å². The first-order valence-electron chi connectivity index (χ1n) is 9.43. The molecule has 1 aromatic rings. The Kier molecular flexibility index (Phi) is 3.44. The lowest BCUT2D eigenvalue weighted by Gasteiger charge is -2.64. The number of alkyl halides is 1. The predicted molar refractivity (Wildman–Crippen MR) is 105 cm³/mol. The van der Waals surface area contributed by atoms with Crippen molar-refractivity contribution in [2.24, 2.45) is 0 Å². The molecule has 144 valence electrons. The summed E-state index contributed by atoms with van der Waals surface area (Å²) in [5, 5.41) is 0. The molecule has 5 unspecified atom stereocenters. The molecule has 0 radical (unpaired) electrons. The van der Waals surface area contributed by atoms with E-state index >= 15 is 0 Å². The number of halogens is 1. The van der Waals surface area contributed by atoms with E-state index in [4.69, 9.17) is 14.2 Å². The van der Waals surface area contributed by atoms with E-state index in [1.54, 1.807) is 7.11 Å². The molecule has 27 heavy (non-hydrogen) atoms. The second-order valence-corrected chi connectivity index (χ2v) is 9.67. The molecule has 2 aliphatic heterocycles. The second-order valence-electron chi connectivity index (χ2n) is 8.35. The van der Waals surface area contributed by atoms with Crippen molar-refractivity contribution in [2.75, 3.05) is 20.7 Å². The van der Waals surface area contributed by atoms with Gasteiger partial charge < -0.3 is 19.1 Å². The van der Waals surface area contributed by atoms with Crippen LogP contribution in [0, 0.1) is 0 Å². The molecule has 4 aliphatic rings. The first kappa shape index (κ1) is 17.6. The van der Waals surface area contributed by atoms with Crippen molar-refractivity contribution in [3.8, 4) is 11.5 Å². The van der Waals surface area contributed by atoms with E-state index in [9.17, 15) is 4.79 Å². The molecule has 1 aromatic carbocycles. The van der Waals surface area contributed by atoms with Crippen LogP contribution in [0.25, 0.3) is 0 Å². The molecule has 1 spiro atoms. The van der Waals surface area contributed by atoms with Crippen molar-refractivity contribution in [3.63, 3.8) is 0 Å². The Morgan fingerprint density at radius 3 is 2.89 bits per heavy atom. The van der Waals surface area contributed by atoms with Gasteiger partial charge in [-0.3, -0.25) is 4.79 Å². The first-order chi connectivity index (χ1) is 12.8. The largest absolute Gasteiger partial charge is 0.493 e. The first-order valence-corrected chi connectivity index (χ1v) is 10.2. The van der Waals surface area contributed by atoms with Crippen LogP contribution in [0.1, 0.15) is 31.4 Å². The number of hydrogen-bond acceptors (Lipinski definition) is 5. The number of likely N-dealkylation sites (tertiary alicyclic amines) is 1. The number of ether oxygens (including phenoxy) is 3. The zero-order valence-corrected chi connectivity index (χ0v) is 17.6. The highest BCUT2D eigenvalue weighted by Crippen LogP contribution is 2.70. The average molecular weight is 434 g/mol. The summed E-state index contributed by atoms with van der Waals surface area (Å²) in [7, 11) is 3.86. The Bertz CT molecular complexity index is 885. The average Bonchev–Trinajstić information content (AvgIpc) is 2.89. The summed E-state index contributed by atoms with van der Waals surface area (Å²) in [5.74, 6) is 1.26. The van der Waals surface area contributed by atoms with Gasteiger partial charge in [0.15, 0.2) is 23.2 Å². The van der Waals surface area contributed by atoms with Crippen LogP contribution in [-0.4, -0.2) is 53.6 Å². The van der Waals surface area contributed by atoms with E-state index in [1.165, 1.54) is 18.1 Å². The summed E-state index contributed by atoms with van der Waals surface area (Å²) in [6.07, 6.45) is 5.62. The number of nitrogens with zero attached hydrogens (tertiary/aromatic N) is 1. The SMILES string of the molecule is COc1ccc2c3c1OC1(C)C(OC(C)=O)C=CC4(Br)C(C2)N(C)CCC341. The molecule has 5 rings (SSSR count). The van der Waals surface area contributed by atoms with E-state index < -0.39 is 11.7 Å². The summed E-state index contributed by atoms with van der Waals surface area (Å²) < 4.78 is 17.8. The number of piperidine rings is 1. The number of likely N-dealkylation sites (N-methyl/N-ethyl adjacent to an activating group) is 1. The Hall–Kier alpha value is -1.53.